The van der Waals surface area contributed by atoms with Crippen molar-refractivity contribution in [3.63, 3.8) is 0 Å². The number of benzene rings is 1. The second-order valence-corrected chi connectivity index (χ2v) is 5.90. The second kappa shape index (κ2) is 6.11. The quantitative estimate of drug-likeness (QED) is 0.866. The predicted molar refractivity (Wildman–Crippen MR) is 77.0 cm³/mol. The molecule has 1 aromatic rings. The van der Waals surface area contributed by atoms with Crippen LogP contribution in [0, 0.1) is 0 Å². The Hall–Kier alpha value is -1.11. The van der Waals surface area contributed by atoms with Gasteiger partial charge in [0.1, 0.15) is 5.54 Å². The van der Waals surface area contributed by atoms with E-state index in [9.17, 15) is 14.7 Å². The number of rotatable bonds is 3. The zero-order valence-corrected chi connectivity index (χ0v) is 12.8. The highest BCUT2D eigenvalue weighted by Gasteiger charge is 2.41. The van der Waals surface area contributed by atoms with Gasteiger partial charge in [-0.1, -0.05) is 27.5 Å². The Balaban J connectivity index is 2.24. The lowest BCUT2D eigenvalue weighted by molar-refractivity contribution is -0.148. The van der Waals surface area contributed by atoms with Crippen molar-refractivity contribution in [2.75, 3.05) is 13.2 Å². The van der Waals surface area contributed by atoms with E-state index < -0.39 is 17.4 Å². The maximum atomic E-state index is 12.3. The number of halogens is 2. The van der Waals surface area contributed by atoms with Gasteiger partial charge in [0.25, 0.3) is 5.91 Å². The van der Waals surface area contributed by atoms with Gasteiger partial charge in [0.2, 0.25) is 0 Å². The van der Waals surface area contributed by atoms with Gasteiger partial charge in [-0.3, -0.25) is 4.79 Å². The molecule has 20 heavy (non-hydrogen) atoms. The molecule has 1 fully saturated rings. The fraction of sp³-hybridized carbons (Fsp3) is 0.385. The van der Waals surface area contributed by atoms with Crippen LogP contribution in [-0.4, -0.2) is 35.7 Å². The molecule has 0 radical (unpaired) electrons. The van der Waals surface area contributed by atoms with E-state index in [-0.39, 0.29) is 23.4 Å². The Morgan fingerprint density at radius 1 is 1.35 bits per heavy atom. The number of aliphatic carboxylic acids is 1. The highest BCUT2D eigenvalue weighted by atomic mass is 79.9. The van der Waals surface area contributed by atoms with E-state index in [0.717, 1.165) is 0 Å². The Morgan fingerprint density at radius 2 is 2.00 bits per heavy atom. The number of carboxylic acid groups (broad SMARTS) is 1. The van der Waals surface area contributed by atoms with Gasteiger partial charge < -0.3 is 15.2 Å². The van der Waals surface area contributed by atoms with Gasteiger partial charge in [-0.05, 0) is 18.2 Å². The third-order valence-corrected chi connectivity index (χ3v) is 4.10. The number of amides is 1. The summed E-state index contributed by atoms with van der Waals surface area (Å²) in [6, 6.07) is 4.85. The van der Waals surface area contributed by atoms with Crippen LogP contribution in [0.1, 0.15) is 23.2 Å². The third kappa shape index (κ3) is 3.13. The molecule has 5 nitrogen and oxygen atoms in total. The van der Waals surface area contributed by atoms with Gasteiger partial charge in [-0.25, -0.2) is 4.79 Å². The largest absolute Gasteiger partial charge is 0.480 e. The summed E-state index contributed by atoms with van der Waals surface area (Å²) in [6.07, 6.45) is 0.472. The van der Waals surface area contributed by atoms with Gasteiger partial charge in [0.05, 0.1) is 10.6 Å². The molecule has 2 rings (SSSR count). The predicted octanol–water partition coefficient (Wildman–Crippen LogP) is 2.47. The van der Waals surface area contributed by atoms with Gasteiger partial charge >= 0.3 is 5.97 Å². The van der Waals surface area contributed by atoms with Crippen LogP contribution in [0.2, 0.25) is 5.02 Å². The molecular weight excluding hydrogens is 350 g/mol. The fourth-order valence-electron chi connectivity index (χ4n) is 2.07. The molecule has 1 aliphatic heterocycles. The van der Waals surface area contributed by atoms with E-state index >= 15 is 0 Å². The molecule has 1 saturated heterocycles. The standard InChI is InChI=1S/C13H13BrClNO4/c14-8-1-2-10(15)9(7-8)11(17)16-13(12(18)19)3-5-20-6-4-13/h1-2,7H,3-6H2,(H,16,17)(H,18,19). The van der Waals surface area contributed by atoms with E-state index in [0.29, 0.717) is 17.7 Å². The van der Waals surface area contributed by atoms with Crippen molar-refractivity contribution in [1.29, 1.82) is 0 Å². The summed E-state index contributed by atoms with van der Waals surface area (Å²) in [7, 11) is 0. The van der Waals surface area contributed by atoms with Crippen LogP contribution in [0.5, 0.6) is 0 Å². The molecule has 1 aromatic carbocycles. The topological polar surface area (TPSA) is 75.6 Å². The minimum Gasteiger partial charge on any atom is -0.480 e. The Labute approximate surface area is 129 Å². The molecule has 0 aliphatic carbocycles. The maximum absolute atomic E-state index is 12.3. The molecule has 0 aromatic heterocycles. The maximum Gasteiger partial charge on any atom is 0.329 e. The SMILES string of the molecule is O=C(NC1(C(=O)O)CCOCC1)c1cc(Br)ccc1Cl. The zero-order chi connectivity index (χ0) is 14.8. The van der Waals surface area contributed by atoms with Gasteiger partial charge in [0.15, 0.2) is 0 Å². The highest BCUT2D eigenvalue weighted by Crippen LogP contribution is 2.25. The minimum atomic E-state index is -1.29. The molecule has 0 unspecified atom stereocenters. The number of carbonyl (C=O) groups is 2. The number of carboxylic acids is 1. The van der Waals surface area contributed by atoms with Crippen LogP contribution in [0.25, 0.3) is 0 Å². The Morgan fingerprint density at radius 3 is 2.60 bits per heavy atom. The second-order valence-electron chi connectivity index (χ2n) is 4.58. The molecule has 1 aliphatic rings. The van der Waals surface area contributed by atoms with Crippen molar-refractivity contribution < 1.29 is 19.4 Å². The molecule has 0 spiro atoms. The first kappa shape index (κ1) is 15.3. The van der Waals surface area contributed by atoms with Gasteiger partial charge in [0, 0.05) is 30.5 Å². The first-order valence-electron chi connectivity index (χ1n) is 6.03. The average molecular weight is 363 g/mol. The van der Waals surface area contributed by atoms with E-state index in [2.05, 4.69) is 21.2 Å². The number of nitrogens with one attached hydrogen (secondary N) is 1. The molecule has 0 saturated carbocycles. The number of ether oxygens (including phenoxy) is 1. The van der Waals surface area contributed by atoms with Crippen molar-refractivity contribution in [3.8, 4) is 0 Å². The lowest BCUT2D eigenvalue weighted by atomic mass is 9.89. The molecular formula is C13H13BrClNO4. The monoisotopic (exact) mass is 361 g/mol. The van der Waals surface area contributed by atoms with Crippen LogP contribution in [0.15, 0.2) is 22.7 Å². The molecule has 0 bridgehead atoms. The van der Waals surface area contributed by atoms with Gasteiger partial charge in [-0.15, -0.1) is 0 Å². The number of hydrogen-bond acceptors (Lipinski definition) is 3. The summed E-state index contributed by atoms with van der Waals surface area (Å²) >= 11 is 9.24. The number of carbonyl (C=O) groups excluding carboxylic acids is 1. The molecule has 0 atom stereocenters. The first-order valence-corrected chi connectivity index (χ1v) is 7.20. The van der Waals surface area contributed by atoms with E-state index in [1.54, 1.807) is 18.2 Å². The zero-order valence-electron chi connectivity index (χ0n) is 10.5. The van der Waals surface area contributed by atoms with E-state index in [1.807, 2.05) is 0 Å². The van der Waals surface area contributed by atoms with Crippen LogP contribution >= 0.6 is 27.5 Å². The lowest BCUT2D eigenvalue weighted by Crippen LogP contribution is -2.57. The summed E-state index contributed by atoms with van der Waals surface area (Å²) in [5, 5.41) is 12.3. The van der Waals surface area contributed by atoms with Crippen molar-refractivity contribution in [1.82, 2.24) is 5.32 Å². The molecule has 7 heteroatoms. The fourth-order valence-corrected chi connectivity index (χ4v) is 2.63. The summed E-state index contributed by atoms with van der Waals surface area (Å²) in [4.78, 5) is 23.8. The van der Waals surface area contributed by atoms with E-state index in [4.69, 9.17) is 16.3 Å². The summed E-state index contributed by atoms with van der Waals surface area (Å²) in [6.45, 7) is 0.609. The lowest BCUT2D eigenvalue weighted by Gasteiger charge is -2.33. The average Bonchev–Trinajstić information content (AvgIpc) is 2.42. The normalized spacial score (nSPS) is 17.5. The number of hydrogen-bond donors (Lipinski definition) is 2. The Bertz CT molecular complexity index is 543. The highest BCUT2D eigenvalue weighted by molar-refractivity contribution is 9.10. The van der Waals surface area contributed by atoms with Crippen LogP contribution in [-0.2, 0) is 9.53 Å². The molecule has 1 heterocycles. The van der Waals surface area contributed by atoms with Crippen molar-refractivity contribution in [2.24, 2.45) is 0 Å². The minimum absolute atomic E-state index is 0.236. The van der Waals surface area contributed by atoms with E-state index in [1.165, 1.54) is 0 Å². The molecule has 2 N–H and O–H groups in total. The smallest absolute Gasteiger partial charge is 0.329 e. The van der Waals surface area contributed by atoms with Crippen LogP contribution in [0.3, 0.4) is 0 Å². The van der Waals surface area contributed by atoms with Crippen molar-refractivity contribution >= 4 is 39.4 Å². The summed E-state index contributed by atoms with van der Waals surface area (Å²) in [5.41, 5.74) is -1.05. The Kier molecular flexibility index (Phi) is 4.67. The molecule has 1 amide bonds. The van der Waals surface area contributed by atoms with Crippen molar-refractivity contribution in [2.45, 2.75) is 18.4 Å². The summed E-state index contributed by atoms with van der Waals surface area (Å²) in [5.74, 6) is -1.55. The van der Waals surface area contributed by atoms with Gasteiger partial charge in [-0.2, -0.15) is 0 Å². The first-order chi connectivity index (χ1) is 9.44. The summed E-state index contributed by atoms with van der Waals surface area (Å²) < 4.78 is 5.85. The van der Waals surface area contributed by atoms with Crippen LogP contribution < -0.4 is 5.32 Å². The van der Waals surface area contributed by atoms with Crippen molar-refractivity contribution in [3.05, 3.63) is 33.3 Å². The third-order valence-electron chi connectivity index (χ3n) is 3.28. The van der Waals surface area contributed by atoms with Crippen LogP contribution in [0.4, 0.5) is 0 Å². The molecule has 108 valence electrons.